The first-order valence-corrected chi connectivity index (χ1v) is 7.24. The van der Waals surface area contributed by atoms with Crippen LogP contribution < -0.4 is 10.6 Å². The zero-order valence-electron chi connectivity index (χ0n) is 10.9. The summed E-state index contributed by atoms with van der Waals surface area (Å²) in [5.74, 6) is -0.601. The molecule has 9 heteroatoms. The molecular formula is C12H13N5O3S. The number of nitrogens with zero attached hydrogens (tertiary/aromatic N) is 2. The molecule has 4 N–H and O–H groups in total. The van der Waals surface area contributed by atoms with Crippen LogP contribution in [0.2, 0.25) is 0 Å². The highest BCUT2D eigenvalue weighted by atomic mass is 32.1. The van der Waals surface area contributed by atoms with E-state index in [4.69, 9.17) is 5.11 Å². The van der Waals surface area contributed by atoms with Crippen molar-refractivity contribution < 1.29 is 14.7 Å². The summed E-state index contributed by atoms with van der Waals surface area (Å²) in [4.78, 5) is 33.7. The molecular weight excluding hydrogens is 294 g/mol. The minimum atomic E-state index is -1.07. The Morgan fingerprint density at radius 3 is 2.71 bits per heavy atom. The van der Waals surface area contributed by atoms with Gasteiger partial charge in [0, 0.05) is 11.6 Å². The van der Waals surface area contributed by atoms with Crippen molar-refractivity contribution in [2.24, 2.45) is 0 Å². The average molecular weight is 307 g/mol. The number of carbonyl (C=O) groups is 2. The second-order valence-electron chi connectivity index (χ2n) is 4.80. The smallest absolute Gasteiger partial charge is 0.353 e. The lowest BCUT2D eigenvalue weighted by Gasteiger charge is -2.40. The largest absolute Gasteiger partial charge is 0.477 e. The van der Waals surface area contributed by atoms with E-state index in [0.717, 1.165) is 6.42 Å². The van der Waals surface area contributed by atoms with Crippen LogP contribution in [-0.4, -0.2) is 32.1 Å². The van der Waals surface area contributed by atoms with E-state index in [1.165, 1.54) is 17.5 Å². The first-order valence-electron chi connectivity index (χ1n) is 6.36. The van der Waals surface area contributed by atoms with Gasteiger partial charge >= 0.3 is 12.0 Å². The van der Waals surface area contributed by atoms with Crippen molar-refractivity contribution >= 4 is 28.5 Å². The molecule has 0 saturated heterocycles. The van der Waals surface area contributed by atoms with Gasteiger partial charge in [0.1, 0.15) is 11.5 Å². The molecule has 21 heavy (non-hydrogen) atoms. The van der Waals surface area contributed by atoms with Crippen molar-refractivity contribution in [3.8, 4) is 0 Å². The number of carboxylic acid groups (broad SMARTS) is 1. The summed E-state index contributed by atoms with van der Waals surface area (Å²) in [6.45, 7) is 0. The number of nitrogens with one attached hydrogen (secondary N) is 3. The molecule has 2 aromatic heterocycles. The number of imidazole rings is 1. The molecule has 1 saturated carbocycles. The number of aromatic amines is 1. The van der Waals surface area contributed by atoms with Gasteiger partial charge in [0.15, 0.2) is 5.13 Å². The Bertz CT molecular complexity index is 662. The lowest BCUT2D eigenvalue weighted by Crippen LogP contribution is -2.52. The fraction of sp³-hybridized carbons (Fsp3) is 0.333. The number of urea groups is 1. The highest BCUT2D eigenvalue weighted by molar-refractivity contribution is 7.13. The van der Waals surface area contributed by atoms with Gasteiger partial charge in [-0.25, -0.2) is 19.6 Å². The third-order valence-electron chi connectivity index (χ3n) is 3.47. The number of carboxylic acids is 1. The molecule has 0 atom stereocenters. The summed E-state index contributed by atoms with van der Waals surface area (Å²) in [5, 5.41) is 16.7. The Labute approximate surface area is 123 Å². The summed E-state index contributed by atoms with van der Waals surface area (Å²) in [6, 6.07) is -0.377. The Morgan fingerprint density at radius 1 is 1.38 bits per heavy atom. The van der Waals surface area contributed by atoms with E-state index in [0.29, 0.717) is 23.8 Å². The van der Waals surface area contributed by atoms with Gasteiger partial charge in [-0.1, -0.05) is 0 Å². The summed E-state index contributed by atoms with van der Waals surface area (Å²) in [6.07, 6.45) is 5.24. The number of amides is 2. The molecule has 1 fully saturated rings. The van der Waals surface area contributed by atoms with Gasteiger partial charge in [0.2, 0.25) is 0 Å². The number of thiazole rings is 1. The number of hydrogen-bond donors (Lipinski definition) is 4. The van der Waals surface area contributed by atoms with Gasteiger partial charge in [-0.2, -0.15) is 0 Å². The normalized spacial score (nSPS) is 16.0. The van der Waals surface area contributed by atoms with E-state index in [9.17, 15) is 9.59 Å². The van der Waals surface area contributed by atoms with Crippen LogP contribution in [0, 0.1) is 0 Å². The monoisotopic (exact) mass is 307 g/mol. The molecule has 0 aromatic carbocycles. The van der Waals surface area contributed by atoms with E-state index in [-0.39, 0.29) is 11.7 Å². The molecule has 2 heterocycles. The molecule has 0 bridgehead atoms. The fourth-order valence-electron chi connectivity index (χ4n) is 2.26. The standard InChI is InChI=1S/C12H13N5O3S/c18-8(19)7-6-14-9(15-7)12(2-1-3-12)17-10(20)16-11-13-4-5-21-11/h4-6H,1-3H2,(H,14,15)(H,18,19)(H2,13,16,17,20). The number of hydrogen-bond acceptors (Lipinski definition) is 5. The highest BCUT2D eigenvalue weighted by Crippen LogP contribution is 2.39. The van der Waals surface area contributed by atoms with Crippen LogP contribution in [0.5, 0.6) is 0 Å². The van der Waals surface area contributed by atoms with Crippen LogP contribution in [0.4, 0.5) is 9.93 Å². The molecule has 1 aliphatic rings. The summed E-state index contributed by atoms with van der Waals surface area (Å²) < 4.78 is 0. The van der Waals surface area contributed by atoms with Gasteiger partial charge in [-0.3, -0.25) is 5.32 Å². The minimum Gasteiger partial charge on any atom is -0.477 e. The van der Waals surface area contributed by atoms with Crippen molar-refractivity contribution in [3.63, 3.8) is 0 Å². The zero-order valence-corrected chi connectivity index (χ0v) is 11.7. The first-order chi connectivity index (χ1) is 10.1. The van der Waals surface area contributed by atoms with E-state index in [2.05, 4.69) is 25.6 Å². The van der Waals surface area contributed by atoms with Crippen LogP contribution in [-0.2, 0) is 5.54 Å². The van der Waals surface area contributed by atoms with Crippen LogP contribution in [0.1, 0.15) is 35.6 Å². The molecule has 2 aromatic rings. The van der Waals surface area contributed by atoms with E-state index < -0.39 is 11.5 Å². The maximum absolute atomic E-state index is 12.0. The maximum Gasteiger partial charge on any atom is 0.353 e. The Hall–Kier alpha value is -2.42. The quantitative estimate of drug-likeness (QED) is 0.686. The molecule has 1 aliphatic carbocycles. The number of aromatic nitrogens is 3. The molecule has 0 spiro atoms. The van der Waals surface area contributed by atoms with Crippen LogP contribution in [0.25, 0.3) is 0 Å². The number of aromatic carboxylic acids is 1. The predicted molar refractivity (Wildman–Crippen MR) is 75.3 cm³/mol. The summed E-state index contributed by atoms with van der Waals surface area (Å²) in [7, 11) is 0. The molecule has 110 valence electrons. The lowest BCUT2D eigenvalue weighted by molar-refractivity contribution is 0.0690. The second-order valence-corrected chi connectivity index (χ2v) is 5.70. The molecule has 2 amide bonds. The van der Waals surface area contributed by atoms with E-state index >= 15 is 0 Å². The Morgan fingerprint density at radius 2 is 2.19 bits per heavy atom. The van der Waals surface area contributed by atoms with Crippen molar-refractivity contribution in [2.75, 3.05) is 5.32 Å². The fourth-order valence-corrected chi connectivity index (χ4v) is 2.78. The number of rotatable bonds is 4. The van der Waals surface area contributed by atoms with Crippen molar-refractivity contribution in [3.05, 3.63) is 29.3 Å². The van der Waals surface area contributed by atoms with Gasteiger partial charge in [-0.15, -0.1) is 11.3 Å². The predicted octanol–water partition coefficient (Wildman–Crippen LogP) is 1.77. The lowest BCUT2D eigenvalue weighted by atomic mass is 9.76. The third-order valence-corrected chi connectivity index (χ3v) is 4.16. The van der Waals surface area contributed by atoms with Gasteiger partial charge < -0.3 is 15.4 Å². The SMILES string of the molecule is O=C(Nc1nccs1)NC1(c2ncc(C(=O)O)[nH]2)CCC1. The van der Waals surface area contributed by atoms with Crippen molar-refractivity contribution in [2.45, 2.75) is 24.8 Å². The van der Waals surface area contributed by atoms with Crippen LogP contribution >= 0.6 is 11.3 Å². The van der Waals surface area contributed by atoms with E-state index in [1.807, 2.05) is 0 Å². The Kier molecular flexibility index (Phi) is 3.34. The van der Waals surface area contributed by atoms with Gasteiger partial charge in [0.05, 0.1) is 11.7 Å². The van der Waals surface area contributed by atoms with Crippen molar-refractivity contribution in [1.82, 2.24) is 20.3 Å². The molecule has 0 aliphatic heterocycles. The second kappa shape index (κ2) is 5.17. The molecule has 3 rings (SSSR count). The van der Waals surface area contributed by atoms with Crippen LogP contribution in [0.3, 0.4) is 0 Å². The van der Waals surface area contributed by atoms with Crippen molar-refractivity contribution in [1.29, 1.82) is 0 Å². The number of carbonyl (C=O) groups excluding carboxylic acids is 1. The molecule has 0 unspecified atom stereocenters. The zero-order chi connectivity index (χ0) is 14.9. The first kappa shape index (κ1) is 13.6. The number of anilines is 1. The third kappa shape index (κ3) is 2.59. The minimum absolute atomic E-state index is 0.0124. The topological polar surface area (TPSA) is 120 Å². The van der Waals surface area contributed by atoms with Gasteiger partial charge in [0.25, 0.3) is 0 Å². The highest BCUT2D eigenvalue weighted by Gasteiger charge is 2.43. The van der Waals surface area contributed by atoms with Gasteiger partial charge in [-0.05, 0) is 19.3 Å². The summed E-state index contributed by atoms with van der Waals surface area (Å²) in [5.41, 5.74) is -0.618. The average Bonchev–Trinajstić information content (AvgIpc) is 3.04. The summed E-state index contributed by atoms with van der Waals surface area (Å²) >= 11 is 1.32. The molecule has 0 radical (unpaired) electrons. The van der Waals surface area contributed by atoms with Crippen LogP contribution in [0.15, 0.2) is 17.8 Å². The maximum atomic E-state index is 12.0. The number of H-pyrrole nitrogens is 1. The van der Waals surface area contributed by atoms with E-state index in [1.54, 1.807) is 11.6 Å². The molecule has 8 nitrogen and oxygen atoms in total. The Balaban J connectivity index is 1.73.